The maximum absolute atomic E-state index is 13.4. The molecule has 0 unspecified atom stereocenters. The summed E-state index contributed by atoms with van der Waals surface area (Å²) >= 11 is 0. The topological polar surface area (TPSA) is 66.4 Å². The minimum Gasteiger partial charge on any atom is -0.348 e. The van der Waals surface area contributed by atoms with E-state index in [0.29, 0.717) is 43.0 Å². The zero-order chi connectivity index (χ0) is 23.6. The number of carbonyl (C=O) groups is 2. The van der Waals surface area contributed by atoms with Crippen molar-refractivity contribution in [1.29, 1.82) is 0 Å². The number of hydrogen-bond donors (Lipinski definition) is 0. The van der Waals surface area contributed by atoms with E-state index in [1.54, 1.807) is 37.0 Å². The molecule has 0 N–H and O–H groups in total. The number of hydrogen-bond acceptors (Lipinski definition) is 4. The van der Waals surface area contributed by atoms with Gasteiger partial charge < -0.3 is 9.80 Å². The molecule has 170 valence electrons. The summed E-state index contributed by atoms with van der Waals surface area (Å²) in [7, 11) is 3.57. The van der Waals surface area contributed by atoms with Crippen molar-refractivity contribution in [2.45, 2.75) is 26.7 Å². The van der Waals surface area contributed by atoms with E-state index in [2.05, 4.69) is 40.3 Å². The molecule has 0 bridgehead atoms. The first-order valence-electron chi connectivity index (χ1n) is 11.2. The van der Waals surface area contributed by atoms with Gasteiger partial charge in [0.1, 0.15) is 5.82 Å². The number of likely N-dealkylation sites (tertiary alicyclic amines) is 1. The Morgan fingerprint density at radius 3 is 2.45 bits per heavy atom. The molecule has 0 spiro atoms. The Bertz CT molecular complexity index is 1180. The molecule has 33 heavy (non-hydrogen) atoms. The fraction of sp³-hybridized carbons (Fsp3) is 0.333. The van der Waals surface area contributed by atoms with E-state index in [9.17, 15) is 9.59 Å². The molecular formula is C27H30N4O2. The third kappa shape index (κ3) is 4.65. The van der Waals surface area contributed by atoms with E-state index in [-0.39, 0.29) is 11.8 Å². The minimum atomic E-state index is -0.659. The molecule has 0 radical (unpaired) electrons. The Hall–Kier alpha value is -3.54. The fourth-order valence-electron chi connectivity index (χ4n) is 4.76. The normalized spacial score (nSPS) is 17.8. The van der Waals surface area contributed by atoms with Crippen LogP contribution in [0.5, 0.6) is 0 Å². The third-order valence-corrected chi connectivity index (χ3v) is 6.41. The highest BCUT2D eigenvalue weighted by Crippen LogP contribution is 2.37. The molecular weight excluding hydrogens is 412 g/mol. The lowest BCUT2D eigenvalue weighted by Crippen LogP contribution is -2.44. The maximum atomic E-state index is 13.4. The highest BCUT2D eigenvalue weighted by molar-refractivity contribution is 5.96. The van der Waals surface area contributed by atoms with Gasteiger partial charge in [-0.3, -0.25) is 9.59 Å². The van der Waals surface area contributed by atoms with E-state index < -0.39 is 5.41 Å². The van der Waals surface area contributed by atoms with E-state index >= 15 is 0 Å². The predicted octanol–water partition coefficient (Wildman–Crippen LogP) is 3.92. The van der Waals surface area contributed by atoms with E-state index in [4.69, 9.17) is 0 Å². The van der Waals surface area contributed by atoms with Crippen molar-refractivity contribution in [1.82, 2.24) is 19.8 Å². The van der Waals surface area contributed by atoms with E-state index in [1.807, 2.05) is 31.2 Å². The molecule has 0 aliphatic carbocycles. The second-order valence-electron chi connectivity index (χ2n) is 9.12. The van der Waals surface area contributed by atoms with Gasteiger partial charge in [-0.1, -0.05) is 54.6 Å². The van der Waals surface area contributed by atoms with Gasteiger partial charge >= 0.3 is 0 Å². The summed E-state index contributed by atoms with van der Waals surface area (Å²) in [6, 6.07) is 18.6. The number of amides is 2. The first-order valence-corrected chi connectivity index (χ1v) is 11.2. The van der Waals surface area contributed by atoms with Crippen LogP contribution in [0, 0.1) is 19.3 Å². The smallest absolute Gasteiger partial charge is 0.257 e. The number of rotatable bonds is 5. The monoisotopic (exact) mass is 442 g/mol. The lowest BCUT2D eigenvalue weighted by Gasteiger charge is -2.31. The van der Waals surface area contributed by atoms with Crippen LogP contribution >= 0.6 is 0 Å². The quantitative estimate of drug-likeness (QED) is 0.601. The lowest BCUT2D eigenvalue weighted by atomic mass is 9.79. The average Bonchev–Trinajstić information content (AvgIpc) is 3.24. The van der Waals surface area contributed by atoms with Gasteiger partial charge in [-0.2, -0.15) is 0 Å². The van der Waals surface area contributed by atoms with Gasteiger partial charge in [0.05, 0.1) is 16.7 Å². The van der Waals surface area contributed by atoms with E-state index in [1.165, 1.54) is 0 Å². The number of aryl methyl sites for hydroxylation is 2. The van der Waals surface area contributed by atoms with Gasteiger partial charge in [0.2, 0.25) is 5.91 Å². The Kier molecular flexibility index (Phi) is 6.27. The Morgan fingerprint density at radius 2 is 1.76 bits per heavy atom. The van der Waals surface area contributed by atoms with Crippen LogP contribution in [-0.4, -0.2) is 58.8 Å². The van der Waals surface area contributed by atoms with E-state index in [0.717, 1.165) is 16.7 Å². The molecule has 3 aromatic rings. The molecule has 4 rings (SSSR count). The van der Waals surface area contributed by atoms with Crippen LogP contribution in [0.15, 0.2) is 60.8 Å². The van der Waals surface area contributed by atoms with Crippen molar-refractivity contribution in [3.05, 3.63) is 83.4 Å². The highest BCUT2D eigenvalue weighted by Gasteiger charge is 2.47. The molecule has 2 heterocycles. The Balaban J connectivity index is 1.62. The number of carbonyl (C=O) groups excluding carboxylic acids is 2. The van der Waals surface area contributed by atoms with Crippen LogP contribution in [0.4, 0.5) is 0 Å². The predicted molar refractivity (Wildman–Crippen MR) is 129 cm³/mol. The summed E-state index contributed by atoms with van der Waals surface area (Å²) in [5, 5.41) is 0. The molecule has 1 saturated heterocycles. The van der Waals surface area contributed by atoms with Crippen molar-refractivity contribution in [2.75, 3.05) is 27.2 Å². The van der Waals surface area contributed by atoms with Gasteiger partial charge in [-0.05, 0) is 43.4 Å². The summed E-state index contributed by atoms with van der Waals surface area (Å²) in [4.78, 5) is 38.6. The van der Waals surface area contributed by atoms with Gasteiger partial charge in [-0.15, -0.1) is 0 Å². The van der Waals surface area contributed by atoms with Gasteiger partial charge in [0, 0.05) is 33.4 Å². The van der Waals surface area contributed by atoms with Crippen molar-refractivity contribution < 1.29 is 9.59 Å². The molecule has 1 atom stereocenters. The molecule has 2 amide bonds. The third-order valence-electron chi connectivity index (χ3n) is 6.41. The molecule has 0 saturated carbocycles. The number of aromatic nitrogens is 2. The summed E-state index contributed by atoms with van der Waals surface area (Å²) in [6.45, 7) is 4.54. The Labute approximate surface area is 195 Å². The van der Waals surface area contributed by atoms with Gasteiger partial charge in [-0.25, -0.2) is 9.97 Å². The molecule has 6 nitrogen and oxygen atoms in total. The number of benzene rings is 2. The van der Waals surface area contributed by atoms with Crippen LogP contribution in [0.2, 0.25) is 0 Å². The first-order chi connectivity index (χ1) is 15.8. The van der Waals surface area contributed by atoms with Crippen LogP contribution in [0.3, 0.4) is 0 Å². The standard InChI is InChI=1S/C27H30N4O2/c1-19-24(17-28-20(2)29-19)25(32)31-14-13-27(18-31,26(33)30(3)4)16-21-9-8-12-23(15-21)22-10-6-5-7-11-22/h5-12,15,17H,13-14,16,18H2,1-4H3/t27-/m1/s1. The fourth-order valence-corrected chi connectivity index (χ4v) is 4.76. The lowest BCUT2D eigenvalue weighted by molar-refractivity contribution is -0.138. The minimum absolute atomic E-state index is 0.0554. The van der Waals surface area contributed by atoms with Crippen molar-refractivity contribution >= 4 is 11.8 Å². The van der Waals surface area contributed by atoms with Crippen molar-refractivity contribution in [3.8, 4) is 11.1 Å². The molecule has 6 heteroatoms. The van der Waals surface area contributed by atoms with Crippen LogP contribution in [-0.2, 0) is 11.2 Å². The van der Waals surface area contributed by atoms with Crippen molar-refractivity contribution in [2.24, 2.45) is 5.41 Å². The summed E-state index contributed by atoms with van der Waals surface area (Å²) in [5.41, 5.74) is 3.87. The molecule has 1 aliphatic rings. The SMILES string of the molecule is Cc1ncc(C(=O)N2CC[C@](Cc3cccc(-c4ccccc4)c3)(C(=O)N(C)C)C2)c(C)n1. The highest BCUT2D eigenvalue weighted by atomic mass is 16.2. The molecule has 1 aliphatic heterocycles. The zero-order valence-corrected chi connectivity index (χ0v) is 19.7. The zero-order valence-electron chi connectivity index (χ0n) is 19.7. The molecule has 1 fully saturated rings. The van der Waals surface area contributed by atoms with Gasteiger partial charge in [0.15, 0.2) is 0 Å². The van der Waals surface area contributed by atoms with Gasteiger partial charge in [0.25, 0.3) is 5.91 Å². The first kappa shape index (κ1) is 22.6. The Morgan fingerprint density at radius 1 is 1.03 bits per heavy atom. The van der Waals surface area contributed by atoms with Crippen LogP contribution in [0.25, 0.3) is 11.1 Å². The average molecular weight is 443 g/mol. The maximum Gasteiger partial charge on any atom is 0.257 e. The van der Waals surface area contributed by atoms with Crippen molar-refractivity contribution in [3.63, 3.8) is 0 Å². The molecule has 1 aromatic heterocycles. The second-order valence-corrected chi connectivity index (χ2v) is 9.12. The largest absolute Gasteiger partial charge is 0.348 e. The summed E-state index contributed by atoms with van der Waals surface area (Å²) < 4.78 is 0. The summed E-state index contributed by atoms with van der Waals surface area (Å²) in [5.74, 6) is 0.583. The molecule has 2 aromatic carbocycles. The van der Waals surface area contributed by atoms with Crippen LogP contribution in [0.1, 0.15) is 33.9 Å². The second kappa shape index (κ2) is 9.14. The van der Waals surface area contributed by atoms with Crippen LogP contribution < -0.4 is 0 Å². The summed E-state index contributed by atoms with van der Waals surface area (Å²) in [6.07, 6.45) is 2.80. The number of nitrogens with zero attached hydrogens (tertiary/aromatic N) is 4.